The molecule has 2 saturated heterocycles. The normalized spacial score (nSPS) is 18.6. The fraction of sp³-hybridized carbons (Fsp3) is 0.632. The minimum absolute atomic E-state index is 0.274. The van der Waals surface area contributed by atoms with Gasteiger partial charge in [-0.05, 0) is 25.0 Å². The maximum atomic E-state index is 12.3. The van der Waals surface area contributed by atoms with E-state index in [1.54, 1.807) is 19.4 Å². The molecule has 2 aliphatic heterocycles. The summed E-state index contributed by atoms with van der Waals surface area (Å²) in [4.78, 5) is 27.2. The molecular formula is C19H30N6O2. The first kappa shape index (κ1) is 19.4. The van der Waals surface area contributed by atoms with Crippen molar-refractivity contribution < 1.29 is 9.53 Å². The maximum absolute atomic E-state index is 12.3. The van der Waals surface area contributed by atoms with Gasteiger partial charge in [-0.15, -0.1) is 0 Å². The van der Waals surface area contributed by atoms with Gasteiger partial charge in [-0.25, -0.2) is 0 Å². The number of rotatable bonds is 6. The number of carbonyl (C=O) groups excluding carboxylic acids is 1. The van der Waals surface area contributed by atoms with Gasteiger partial charge in [-0.3, -0.25) is 19.7 Å². The van der Waals surface area contributed by atoms with Gasteiger partial charge in [-0.1, -0.05) is 0 Å². The number of hydrogen-bond donors (Lipinski definition) is 1. The van der Waals surface area contributed by atoms with Crippen LogP contribution in [0.15, 0.2) is 29.5 Å². The van der Waals surface area contributed by atoms with Crippen molar-refractivity contribution in [2.24, 2.45) is 4.99 Å². The Morgan fingerprint density at radius 3 is 2.63 bits per heavy atom. The van der Waals surface area contributed by atoms with Crippen LogP contribution in [-0.4, -0.2) is 97.6 Å². The Labute approximate surface area is 161 Å². The van der Waals surface area contributed by atoms with E-state index in [-0.39, 0.29) is 5.91 Å². The lowest BCUT2D eigenvalue weighted by atomic mass is 10.3. The second kappa shape index (κ2) is 10.1. The second-order valence-electron chi connectivity index (χ2n) is 6.86. The molecule has 3 rings (SSSR count). The van der Waals surface area contributed by atoms with Crippen LogP contribution in [0.3, 0.4) is 0 Å². The van der Waals surface area contributed by atoms with Gasteiger partial charge in [0.2, 0.25) is 5.91 Å². The summed E-state index contributed by atoms with van der Waals surface area (Å²) in [6.07, 6.45) is 5.72. The highest BCUT2D eigenvalue weighted by atomic mass is 16.5. The number of aromatic nitrogens is 1. The van der Waals surface area contributed by atoms with Gasteiger partial charge in [0.05, 0.1) is 19.3 Å². The first-order valence-corrected chi connectivity index (χ1v) is 9.75. The van der Waals surface area contributed by atoms with Crippen molar-refractivity contribution in [3.8, 4) is 5.75 Å². The molecule has 8 nitrogen and oxygen atoms in total. The Kier molecular flexibility index (Phi) is 7.27. The van der Waals surface area contributed by atoms with Crippen LogP contribution >= 0.6 is 0 Å². The summed E-state index contributed by atoms with van der Waals surface area (Å²) >= 11 is 0. The van der Waals surface area contributed by atoms with Crippen LogP contribution < -0.4 is 10.1 Å². The van der Waals surface area contributed by atoms with Crippen molar-refractivity contribution in [3.63, 3.8) is 0 Å². The average molecular weight is 374 g/mol. The molecule has 1 N–H and O–H groups in total. The molecule has 0 spiro atoms. The molecular weight excluding hydrogens is 344 g/mol. The molecule has 0 saturated carbocycles. The Balaban J connectivity index is 1.35. The second-order valence-corrected chi connectivity index (χ2v) is 6.86. The molecule has 0 aliphatic carbocycles. The number of nitrogens with zero attached hydrogens (tertiary/aromatic N) is 5. The Morgan fingerprint density at radius 2 is 1.96 bits per heavy atom. The SMILES string of the molecule is CN=C(NCCOc1cccnc1)N1CCN(CC(=O)N2CCCC2)CC1. The van der Waals surface area contributed by atoms with E-state index in [0.717, 1.165) is 63.8 Å². The largest absolute Gasteiger partial charge is 0.490 e. The number of likely N-dealkylation sites (tertiary alicyclic amines) is 1. The molecule has 27 heavy (non-hydrogen) atoms. The third-order valence-corrected chi connectivity index (χ3v) is 4.99. The summed E-state index contributed by atoms with van der Waals surface area (Å²) in [5.41, 5.74) is 0. The summed E-state index contributed by atoms with van der Waals surface area (Å²) in [7, 11) is 1.80. The highest BCUT2D eigenvalue weighted by Crippen LogP contribution is 2.09. The van der Waals surface area contributed by atoms with Crippen molar-refractivity contribution in [2.45, 2.75) is 12.8 Å². The van der Waals surface area contributed by atoms with Gasteiger partial charge in [0.1, 0.15) is 12.4 Å². The number of hydrogen-bond acceptors (Lipinski definition) is 5. The summed E-state index contributed by atoms with van der Waals surface area (Å²) in [5, 5.41) is 3.35. The Hall–Kier alpha value is -2.35. The van der Waals surface area contributed by atoms with Gasteiger partial charge in [-0.2, -0.15) is 0 Å². The number of guanidine groups is 1. The topological polar surface area (TPSA) is 73.3 Å². The highest BCUT2D eigenvalue weighted by molar-refractivity contribution is 5.80. The van der Waals surface area contributed by atoms with Gasteiger partial charge in [0.15, 0.2) is 5.96 Å². The Morgan fingerprint density at radius 1 is 1.19 bits per heavy atom. The van der Waals surface area contributed by atoms with Gasteiger partial charge in [0, 0.05) is 52.5 Å². The molecule has 0 atom stereocenters. The van der Waals surface area contributed by atoms with Crippen molar-refractivity contribution in [2.75, 3.05) is 66.0 Å². The zero-order valence-corrected chi connectivity index (χ0v) is 16.1. The quantitative estimate of drug-likeness (QED) is 0.438. The first-order valence-electron chi connectivity index (χ1n) is 9.75. The number of pyridine rings is 1. The van der Waals surface area contributed by atoms with Crippen molar-refractivity contribution in [1.82, 2.24) is 25.0 Å². The monoisotopic (exact) mass is 374 g/mol. The van der Waals surface area contributed by atoms with Crippen LogP contribution in [0.2, 0.25) is 0 Å². The van der Waals surface area contributed by atoms with Gasteiger partial charge in [0.25, 0.3) is 0 Å². The smallest absolute Gasteiger partial charge is 0.236 e. The summed E-state index contributed by atoms with van der Waals surface area (Å²) in [6.45, 7) is 7.13. The van der Waals surface area contributed by atoms with E-state index in [1.165, 1.54) is 0 Å². The van der Waals surface area contributed by atoms with Crippen LogP contribution in [0.25, 0.3) is 0 Å². The fourth-order valence-corrected chi connectivity index (χ4v) is 3.47. The third kappa shape index (κ3) is 5.82. The van der Waals surface area contributed by atoms with E-state index in [4.69, 9.17) is 4.74 Å². The molecule has 1 amide bonds. The van der Waals surface area contributed by atoms with E-state index >= 15 is 0 Å². The number of carbonyl (C=O) groups is 1. The number of nitrogens with one attached hydrogen (secondary N) is 1. The number of amides is 1. The van der Waals surface area contributed by atoms with E-state index in [9.17, 15) is 4.79 Å². The number of aliphatic imine (C=N–C) groups is 1. The van der Waals surface area contributed by atoms with E-state index in [0.29, 0.717) is 19.7 Å². The molecule has 0 aromatic carbocycles. The lowest BCUT2D eigenvalue weighted by molar-refractivity contribution is -0.131. The predicted octanol–water partition coefficient (Wildman–Crippen LogP) is 0.276. The molecule has 1 aromatic rings. The maximum Gasteiger partial charge on any atom is 0.236 e. The number of piperazine rings is 1. The third-order valence-electron chi connectivity index (χ3n) is 4.99. The van der Waals surface area contributed by atoms with Crippen LogP contribution in [-0.2, 0) is 4.79 Å². The Bertz CT molecular complexity index is 610. The minimum atomic E-state index is 0.274. The molecule has 2 aliphatic rings. The fourth-order valence-electron chi connectivity index (χ4n) is 3.47. The van der Waals surface area contributed by atoms with Gasteiger partial charge >= 0.3 is 0 Å². The molecule has 0 unspecified atom stereocenters. The van der Waals surface area contributed by atoms with E-state index in [1.807, 2.05) is 17.0 Å². The summed E-state index contributed by atoms with van der Waals surface area (Å²) in [5.74, 6) is 1.93. The van der Waals surface area contributed by atoms with Gasteiger partial charge < -0.3 is 19.9 Å². The lowest BCUT2D eigenvalue weighted by Gasteiger charge is -2.36. The van der Waals surface area contributed by atoms with Crippen LogP contribution in [0.4, 0.5) is 0 Å². The predicted molar refractivity (Wildman–Crippen MR) is 105 cm³/mol. The highest BCUT2D eigenvalue weighted by Gasteiger charge is 2.24. The zero-order chi connectivity index (χ0) is 18.9. The summed E-state index contributed by atoms with van der Waals surface area (Å²) < 4.78 is 5.65. The van der Waals surface area contributed by atoms with Crippen LogP contribution in [0.5, 0.6) is 5.75 Å². The minimum Gasteiger partial charge on any atom is -0.490 e. The van der Waals surface area contributed by atoms with Crippen molar-refractivity contribution in [1.29, 1.82) is 0 Å². The van der Waals surface area contributed by atoms with E-state index in [2.05, 4.69) is 25.1 Å². The summed E-state index contributed by atoms with van der Waals surface area (Å²) in [6, 6.07) is 3.75. The molecule has 0 bridgehead atoms. The lowest BCUT2D eigenvalue weighted by Crippen LogP contribution is -2.54. The van der Waals surface area contributed by atoms with Crippen molar-refractivity contribution in [3.05, 3.63) is 24.5 Å². The van der Waals surface area contributed by atoms with Crippen LogP contribution in [0, 0.1) is 0 Å². The molecule has 8 heteroatoms. The zero-order valence-electron chi connectivity index (χ0n) is 16.1. The van der Waals surface area contributed by atoms with Crippen LogP contribution in [0.1, 0.15) is 12.8 Å². The van der Waals surface area contributed by atoms with Crippen molar-refractivity contribution >= 4 is 11.9 Å². The number of ether oxygens (including phenoxy) is 1. The molecule has 1 aromatic heterocycles. The first-order chi connectivity index (χ1) is 13.3. The molecule has 148 valence electrons. The molecule has 0 radical (unpaired) electrons. The van der Waals surface area contributed by atoms with E-state index < -0.39 is 0 Å². The molecule has 3 heterocycles. The molecule has 2 fully saturated rings. The standard InChI is InChI=1S/C19H30N6O2/c1-20-19(22-7-14-27-17-5-4-6-21-15-17)25-12-10-23(11-13-25)16-18(26)24-8-2-3-9-24/h4-6,15H,2-3,7-14,16H2,1H3,(H,20,22). The average Bonchev–Trinajstić information content (AvgIpc) is 3.25.